The zero-order valence-corrected chi connectivity index (χ0v) is 13.0. The Morgan fingerprint density at radius 3 is 2.86 bits per heavy atom. The largest absolute Gasteiger partial charge is 0.419 e. The molecule has 0 saturated heterocycles. The third-order valence-corrected chi connectivity index (χ3v) is 3.90. The number of rotatable bonds is 6. The van der Waals surface area contributed by atoms with Crippen molar-refractivity contribution in [1.29, 1.82) is 0 Å². The number of hydrogen-bond donors (Lipinski definition) is 2. The highest BCUT2D eigenvalue weighted by atomic mass is 35.5. The van der Waals surface area contributed by atoms with Gasteiger partial charge in [-0.25, -0.2) is 4.79 Å². The molecule has 1 aliphatic rings. The van der Waals surface area contributed by atoms with Crippen molar-refractivity contribution in [3.05, 3.63) is 34.8 Å². The van der Waals surface area contributed by atoms with Crippen LogP contribution in [0.15, 0.2) is 33.5 Å². The van der Waals surface area contributed by atoms with Crippen molar-refractivity contribution >= 4 is 29.4 Å². The van der Waals surface area contributed by atoms with E-state index in [1.807, 2.05) is 12.1 Å². The van der Waals surface area contributed by atoms with E-state index in [4.69, 9.17) is 10.2 Å². The number of aromatic nitrogens is 1. The van der Waals surface area contributed by atoms with Crippen LogP contribution in [0.5, 0.6) is 0 Å². The van der Waals surface area contributed by atoms with Crippen LogP contribution >= 0.6 is 12.4 Å². The molecule has 3 N–H and O–H groups in total. The van der Waals surface area contributed by atoms with E-state index in [1.165, 1.54) is 4.57 Å². The lowest BCUT2D eigenvalue weighted by atomic mass is 10.2. The second-order valence-electron chi connectivity index (χ2n) is 5.54. The lowest BCUT2D eigenvalue weighted by Gasteiger charge is -2.11. The Morgan fingerprint density at radius 2 is 2.14 bits per heavy atom. The number of nitrogens with zero attached hydrogens (tertiary/aromatic N) is 1. The number of hydrogen-bond acceptors (Lipinski definition) is 4. The Bertz CT molecular complexity index is 705. The Hall–Kier alpha value is -1.79. The van der Waals surface area contributed by atoms with Gasteiger partial charge in [0, 0.05) is 25.6 Å². The number of carbonyl (C=O) groups excluding carboxylic acids is 1. The summed E-state index contributed by atoms with van der Waals surface area (Å²) in [5.41, 5.74) is 7.18. The number of carbonyl (C=O) groups is 1. The predicted octanol–water partition coefficient (Wildman–Crippen LogP) is 1.26. The zero-order valence-electron chi connectivity index (χ0n) is 12.2. The Kier molecular flexibility index (Phi) is 5.26. The van der Waals surface area contributed by atoms with E-state index in [2.05, 4.69) is 5.32 Å². The molecule has 7 heteroatoms. The Balaban J connectivity index is 0.00000176. The first-order valence-electron chi connectivity index (χ1n) is 7.26. The molecule has 2 aromatic rings. The van der Waals surface area contributed by atoms with Crippen LogP contribution in [0.4, 0.5) is 0 Å². The lowest BCUT2D eigenvalue weighted by molar-refractivity contribution is -0.121. The van der Waals surface area contributed by atoms with Crippen LogP contribution in [-0.4, -0.2) is 23.1 Å². The molecule has 22 heavy (non-hydrogen) atoms. The summed E-state index contributed by atoms with van der Waals surface area (Å²) in [6.45, 7) is 0.810. The maximum atomic E-state index is 11.8. The number of nitrogens with two attached hydrogens (primary N) is 1. The van der Waals surface area contributed by atoms with E-state index in [0.717, 1.165) is 12.8 Å². The molecule has 1 atom stereocenters. The third kappa shape index (κ3) is 3.69. The first-order valence-corrected chi connectivity index (χ1v) is 7.26. The molecular weight excluding hydrogens is 306 g/mol. The average molecular weight is 326 g/mol. The van der Waals surface area contributed by atoms with E-state index >= 15 is 0 Å². The van der Waals surface area contributed by atoms with Gasteiger partial charge in [0.25, 0.3) is 0 Å². The molecule has 1 saturated carbocycles. The van der Waals surface area contributed by atoms with E-state index in [-0.39, 0.29) is 30.8 Å². The summed E-state index contributed by atoms with van der Waals surface area (Å²) in [4.78, 5) is 23.6. The van der Waals surface area contributed by atoms with Crippen LogP contribution in [-0.2, 0) is 11.3 Å². The van der Waals surface area contributed by atoms with Crippen LogP contribution in [0.25, 0.3) is 11.1 Å². The number of benzene rings is 1. The topological polar surface area (TPSA) is 90.3 Å². The van der Waals surface area contributed by atoms with E-state index in [9.17, 15) is 9.59 Å². The van der Waals surface area contributed by atoms with E-state index < -0.39 is 5.76 Å². The molecule has 1 fully saturated rings. The van der Waals surface area contributed by atoms with Gasteiger partial charge in [-0.2, -0.15) is 0 Å². The fourth-order valence-corrected chi connectivity index (χ4v) is 2.45. The van der Waals surface area contributed by atoms with Crippen LogP contribution in [0.1, 0.15) is 19.3 Å². The normalized spacial score (nSPS) is 15.3. The van der Waals surface area contributed by atoms with Gasteiger partial charge in [-0.15, -0.1) is 12.4 Å². The molecule has 1 aromatic heterocycles. The molecule has 1 heterocycles. The minimum Gasteiger partial charge on any atom is -0.408 e. The minimum absolute atomic E-state index is 0. The molecule has 0 spiro atoms. The van der Waals surface area contributed by atoms with Gasteiger partial charge in [0.05, 0.1) is 5.52 Å². The zero-order chi connectivity index (χ0) is 14.8. The highest BCUT2D eigenvalue weighted by Crippen LogP contribution is 2.31. The summed E-state index contributed by atoms with van der Waals surface area (Å²) in [6, 6.07) is 7.24. The van der Waals surface area contributed by atoms with Gasteiger partial charge in [0.15, 0.2) is 5.58 Å². The average Bonchev–Trinajstić information content (AvgIpc) is 3.27. The first-order chi connectivity index (χ1) is 10.1. The predicted molar refractivity (Wildman–Crippen MR) is 86.0 cm³/mol. The Morgan fingerprint density at radius 1 is 1.41 bits per heavy atom. The maximum absolute atomic E-state index is 11.8. The number of fused-ring (bicyclic) bond motifs is 1. The number of amides is 1. The molecule has 120 valence electrons. The quantitative estimate of drug-likeness (QED) is 0.836. The molecule has 0 bridgehead atoms. The fourth-order valence-electron chi connectivity index (χ4n) is 2.45. The highest BCUT2D eigenvalue weighted by molar-refractivity contribution is 5.85. The third-order valence-electron chi connectivity index (χ3n) is 3.90. The standard InChI is InChI=1S/C15H19N3O3.ClH/c16-11(10-5-6-10)9-17-14(19)7-8-18-12-3-1-2-4-13(12)21-15(18)20;/h1-4,10-11H,5-9,16H2,(H,17,19);1H. The molecule has 0 radical (unpaired) electrons. The van der Waals surface area contributed by atoms with Crippen molar-refractivity contribution in [2.75, 3.05) is 6.54 Å². The van der Waals surface area contributed by atoms with Gasteiger partial charge in [0.2, 0.25) is 5.91 Å². The highest BCUT2D eigenvalue weighted by Gasteiger charge is 2.28. The number of halogens is 1. The monoisotopic (exact) mass is 325 g/mol. The molecule has 0 aliphatic heterocycles. The van der Waals surface area contributed by atoms with Crippen molar-refractivity contribution in [2.24, 2.45) is 11.7 Å². The van der Waals surface area contributed by atoms with Crippen molar-refractivity contribution in [1.82, 2.24) is 9.88 Å². The van der Waals surface area contributed by atoms with E-state index in [0.29, 0.717) is 30.1 Å². The van der Waals surface area contributed by atoms with Gasteiger partial charge in [-0.1, -0.05) is 12.1 Å². The summed E-state index contributed by atoms with van der Waals surface area (Å²) in [5, 5.41) is 2.82. The SMILES string of the molecule is Cl.NC(CNC(=O)CCn1c(=O)oc2ccccc21)C1CC1. The van der Waals surface area contributed by atoms with Gasteiger partial charge in [-0.3, -0.25) is 9.36 Å². The van der Waals surface area contributed by atoms with Gasteiger partial charge in [-0.05, 0) is 30.9 Å². The number of nitrogens with one attached hydrogen (secondary N) is 1. The van der Waals surface area contributed by atoms with Crippen LogP contribution in [0.2, 0.25) is 0 Å². The molecule has 1 aliphatic carbocycles. The summed E-state index contributed by atoms with van der Waals surface area (Å²) in [6.07, 6.45) is 2.56. The van der Waals surface area contributed by atoms with Crippen molar-refractivity contribution < 1.29 is 9.21 Å². The molecule has 6 nitrogen and oxygen atoms in total. The number of para-hydroxylation sites is 2. The Labute approximate surface area is 134 Å². The second kappa shape index (κ2) is 6.98. The van der Waals surface area contributed by atoms with Crippen LogP contribution in [0, 0.1) is 5.92 Å². The number of oxazole rings is 1. The summed E-state index contributed by atoms with van der Waals surface area (Å²) >= 11 is 0. The number of aryl methyl sites for hydroxylation is 1. The lowest BCUT2D eigenvalue weighted by Crippen LogP contribution is -2.39. The molecular formula is C15H20ClN3O3. The first kappa shape index (κ1) is 16.6. The smallest absolute Gasteiger partial charge is 0.408 e. The van der Waals surface area contributed by atoms with Crippen LogP contribution < -0.4 is 16.8 Å². The second-order valence-corrected chi connectivity index (χ2v) is 5.54. The van der Waals surface area contributed by atoms with Gasteiger partial charge < -0.3 is 15.5 Å². The summed E-state index contributed by atoms with van der Waals surface area (Å²) in [5.74, 6) is 0.0349. The van der Waals surface area contributed by atoms with Gasteiger partial charge in [0.1, 0.15) is 0 Å². The molecule has 1 amide bonds. The maximum Gasteiger partial charge on any atom is 0.419 e. The van der Waals surface area contributed by atoms with E-state index in [1.54, 1.807) is 12.1 Å². The summed E-state index contributed by atoms with van der Waals surface area (Å²) < 4.78 is 6.61. The molecule has 1 aromatic carbocycles. The molecule has 1 unspecified atom stereocenters. The van der Waals surface area contributed by atoms with Crippen molar-refractivity contribution in [3.8, 4) is 0 Å². The van der Waals surface area contributed by atoms with Crippen molar-refractivity contribution in [2.45, 2.75) is 31.8 Å². The fraction of sp³-hybridized carbons (Fsp3) is 0.467. The minimum atomic E-state index is -0.432. The van der Waals surface area contributed by atoms with Gasteiger partial charge >= 0.3 is 5.76 Å². The molecule has 3 rings (SSSR count). The van der Waals surface area contributed by atoms with Crippen LogP contribution in [0.3, 0.4) is 0 Å². The summed E-state index contributed by atoms with van der Waals surface area (Å²) in [7, 11) is 0. The van der Waals surface area contributed by atoms with Crippen molar-refractivity contribution in [3.63, 3.8) is 0 Å².